The Morgan fingerprint density at radius 3 is 2.44 bits per heavy atom. The number of carbonyl (C=O) groups is 1. The van der Waals surface area contributed by atoms with Crippen LogP contribution < -0.4 is 10.1 Å². The fourth-order valence-electron chi connectivity index (χ4n) is 2.49. The highest BCUT2D eigenvalue weighted by Crippen LogP contribution is 2.22. The minimum atomic E-state index is -0.753. The Kier molecular flexibility index (Phi) is 6.38. The number of hydrogen-bond acceptors (Lipinski definition) is 6. The number of rotatable bonds is 8. The largest absolute Gasteiger partial charge is 0.508 e. The van der Waals surface area contributed by atoms with Crippen LogP contribution in [-0.2, 0) is 0 Å². The van der Waals surface area contributed by atoms with E-state index < -0.39 is 6.10 Å². The van der Waals surface area contributed by atoms with Crippen molar-refractivity contribution in [2.24, 2.45) is 0 Å². The van der Waals surface area contributed by atoms with Crippen molar-refractivity contribution < 1.29 is 24.9 Å². The molecule has 2 aromatic carbocycles. The Morgan fingerprint density at radius 1 is 1.12 bits per heavy atom. The first-order valence-corrected chi connectivity index (χ1v) is 8.02. The number of nitrogens with one attached hydrogen (secondary N) is 1. The monoisotopic (exact) mass is 345 g/mol. The van der Waals surface area contributed by atoms with Gasteiger partial charge >= 0.3 is 0 Å². The van der Waals surface area contributed by atoms with E-state index in [2.05, 4.69) is 5.32 Å². The molecule has 0 heterocycles. The van der Waals surface area contributed by atoms with Crippen molar-refractivity contribution in [1.82, 2.24) is 5.32 Å². The number of methoxy groups -OCH3 is 1. The van der Waals surface area contributed by atoms with Gasteiger partial charge in [0.1, 0.15) is 17.2 Å². The molecular weight excluding hydrogens is 322 g/mol. The quantitative estimate of drug-likeness (QED) is 0.548. The second-order valence-corrected chi connectivity index (χ2v) is 5.87. The molecule has 6 heteroatoms. The summed E-state index contributed by atoms with van der Waals surface area (Å²) in [6.45, 7) is 2.20. The molecule has 0 bridgehead atoms. The number of phenols is 2. The molecule has 4 N–H and O–H groups in total. The summed E-state index contributed by atoms with van der Waals surface area (Å²) in [6.07, 6.45) is -0.532. The van der Waals surface area contributed by atoms with Gasteiger partial charge in [-0.25, -0.2) is 0 Å². The van der Waals surface area contributed by atoms with Gasteiger partial charge in [-0.15, -0.1) is 0 Å². The molecule has 2 aromatic rings. The van der Waals surface area contributed by atoms with Gasteiger partial charge in [-0.3, -0.25) is 4.79 Å². The van der Waals surface area contributed by atoms with Gasteiger partial charge in [0.2, 0.25) is 0 Å². The number of aromatic hydroxyl groups is 2. The minimum absolute atomic E-state index is 0.0215. The second kappa shape index (κ2) is 8.50. The van der Waals surface area contributed by atoms with E-state index in [1.807, 2.05) is 6.92 Å². The summed E-state index contributed by atoms with van der Waals surface area (Å²) in [5.41, 5.74) is 1.06. The number of phenolic OH excluding ortho intramolecular Hbond substituents is 2. The van der Waals surface area contributed by atoms with Crippen molar-refractivity contribution in [3.8, 4) is 17.2 Å². The van der Waals surface area contributed by atoms with Crippen LogP contribution in [0.1, 0.15) is 35.4 Å². The van der Waals surface area contributed by atoms with Crippen molar-refractivity contribution in [3.63, 3.8) is 0 Å². The molecule has 0 saturated heterocycles. The molecule has 0 aliphatic rings. The van der Waals surface area contributed by atoms with Crippen LogP contribution in [0.3, 0.4) is 0 Å². The molecule has 0 fully saturated rings. The fourth-order valence-corrected chi connectivity index (χ4v) is 2.49. The van der Waals surface area contributed by atoms with E-state index in [4.69, 9.17) is 4.74 Å². The predicted octanol–water partition coefficient (Wildman–Crippen LogP) is 2.39. The summed E-state index contributed by atoms with van der Waals surface area (Å²) < 4.78 is 5.04. The Labute approximate surface area is 146 Å². The van der Waals surface area contributed by atoms with Crippen LogP contribution >= 0.6 is 0 Å². The molecule has 0 aromatic heterocycles. The van der Waals surface area contributed by atoms with Crippen LogP contribution in [0.5, 0.6) is 17.2 Å². The molecule has 0 radical (unpaired) electrons. The second-order valence-electron chi connectivity index (χ2n) is 5.87. The summed E-state index contributed by atoms with van der Waals surface area (Å²) in [5.74, 6) is 0.413. The van der Waals surface area contributed by atoms with Crippen LogP contribution in [0.25, 0.3) is 0 Å². The summed E-state index contributed by atoms with van der Waals surface area (Å²) in [4.78, 5) is 12.2. The maximum Gasteiger partial charge on any atom is 0.164 e. The number of ketones is 1. The third kappa shape index (κ3) is 5.20. The lowest BCUT2D eigenvalue weighted by Crippen LogP contribution is -2.33. The van der Waals surface area contributed by atoms with Crippen LogP contribution in [0, 0.1) is 0 Å². The van der Waals surface area contributed by atoms with Gasteiger partial charge in [0, 0.05) is 30.6 Å². The van der Waals surface area contributed by atoms with Crippen molar-refractivity contribution >= 4 is 5.78 Å². The fraction of sp³-hybridized carbons (Fsp3) is 0.316. The van der Waals surface area contributed by atoms with Gasteiger partial charge < -0.3 is 25.4 Å². The van der Waals surface area contributed by atoms with Gasteiger partial charge in [-0.1, -0.05) is 12.1 Å². The standard InChI is InChI=1S/C19H23NO5/c1-12(19(24)13-3-5-15(21)6-4-13)20-8-7-18(23)14-9-16(22)11-17(10-14)25-2/h3-6,9-12,19-22,24H,7-8H2,1-2H3. The Bertz CT molecular complexity index is 714. The van der Waals surface area contributed by atoms with Crippen molar-refractivity contribution in [2.45, 2.75) is 25.5 Å². The van der Waals surface area contributed by atoms with Crippen LogP contribution in [-0.4, -0.2) is 40.8 Å². The van der Waals surface area contributed by atoms with Crippen molar-refractivity contribution in [1.29, 1.82) is 0 Å². The third-order valence-corrected chi connectivity index (χ3v) is 3.98. The van der Waals surface area contributed by atoms with Gasteiger partial charge in [-0.2, -0.15) is 0 Å². The molecule has 2 atom stereocenters. The molecule has 2 unspecified atom stereocenters. The van der Waals surface area contributed by atoms with Gasteiger partial charge in [-0.05, 0) is 36.8 Å². The van der Waals surface area contributed by atoms with Crippen LogP contribution in [0.2, 0.25) is 0 Å². The molecule has 0 amide bonds. The summed E-state index contributed by atoms with van der Waals surface area (Å²) in [5, 5.41) is 32.3. The molecule has 0 spiro atoms. The van der Waals surface area contributed by atoms with Gasteiger partial charge in [0.25, 0.3) is 0 Å². The molecule has 0 aliphatic heterocycles. The number of hydrogen-bond donors (Lipinski definition) is 4. The van der Waals surface area contributed by atoms with Gasteiger partial charge in [0.15, 0.2) is 5.78 Å². The van der Waals surface area contributed by atoms with E-state index in [9.17, 15) is 20.1 Å². The van der Waals surface area contributed by atoms with E-state index in [0.29, 0.717) is 23.4 Å². The van der Waals surface area contributed by atoms with Crippen LogP contribution in [0.15, 0.2) is 42.5 Å². The summed E-state index contributed by atoms with van der Waals surface area (Å²) >= 11 is 0. The molecule has 0 aliphatic carbocycles. The zero-order valence-electron chi connectivity index (χ0n) is 14.3. The maximum absolute atomic E-state index is 12.2. The SMILES string of the molecule is COc1cc(O)cc(C(=O)CCNC(C)C(O)c2ccc(O)cc2)c1. The first-order chi connectivity index (χ1) is 11.9. The predicted molar refractivity (Wildman–Crippen MR) is 94.1 cm³/mol. The summed E-state index contributed by atoms with van der Waals surface area (Å²) in [6, 6.07) is 10.5. The first kappa shape index (κ1) is 18.8. The van der Waals surface area contributed by atoms with E-state index in [1.165, 1.54) is 31.4 Å². The lowest BCUT2D eigenvalue weighted by molar-refractivity contribution is 0.0971. The third-order valence-electron chi connectivity index (χ3n) is 3.98. The normalized spacial score (nSPS) is 13.2. The number of aliphatic hydroxyl groups excluding tert-OH is 1. The Balaban J connectivity index is 1.88. The van der Waals surface area contributed by atoms with E-state index in [0.717, 1.165) is 0 Å². The van der Waals surface area contributed by atoms with E-state index in [-0.39, 0.29) is 29.7 Å². The van der Waals surface area contributed by atoms with Crippen molar-refractivity contribution in [3.05, 3.63) is 53.6 Å². The molecule has 0 saturated carbocycles. The number of Topliss-reactive ketones (excluding diaryl/α,β-unsaturated/α-hetero) is 1. The highest BCUT2D eigenvalue weighted by Gasteiger charge is 2.16. The average Bonchev–Trinajstić information content (AvgIpc) is 2.60. The van der Waals surface area contributed by atoms with E-state index in [1.54, 1.807) is 18.2 Å². The lowest BCUT2D eigenvalue weighted by Gasteiger charge is -2.20. The van der Waals surface area contributed by atoms with Crippen LogP contribution in [0.4, 0.5) is 0 Å². The molecular formula is C19H23NO5. The zero-order valence-corrected chi connectivity index (χ0v) is 14.3. The minimum Gasteiger partial charge on any atom is -0.508 e. The molecule has 2 rings (SSSR count). The number of aliphatic hydroxyl groups is 1. The first-order valence-electron chi connectivity index (χ1n) is 8.02. The molecule has 6 nitrogen and oxygen atoms in total. The smallest absolute Gasteiger partial charge is 0.164 e. The topological polar surface area (TPSA) is 99.0 Å². The van der Waals surface area contributed by atoms with Crippen molar-refractivity contribution in [2.75, 3.05) is 13.7 Å². The van der Waals surface area contributed by atoms with Gasteiger partial charge in [0.05, 0.1) is 13.2 Å². The Hall–Kier alpha value is -2.57. The number of benzene rings is 2. The summed E-state index contributed by atoms with van der Waals surface area (Å²) in [7, 11) is 1.47. The number of carbonyl (C=O) groups excluding carboxylic acids is 1. The highest BCUT2D eigenvalue weighted by molar-refractivity contribution is 5.97. The lowest BCUT2D eigenvalue weighted by atomic mass is 10.0. The Morgan fingerprint density at radius 2 is 1.80 bits per heavy atom. The number of ether oxygens (including phenoxy) is 1. The molecule has 134 valence electrons. The molecule has 25 heavy (non-hydrogen) atoms. The average molecular weight is 345 g/mol. The maximum atomic E-state index is 12.2. The van der Waals surface area contributed by atoms with E-state index >= 15 is 0 Å². The zero-order chi connectivity index (χ0) is 18.4. The highest BCUT2D eigenvalue weighted by atomic mass is 16.5.